The molecule has 1 saturated heterocycles. The van der Waals surface area contributed by atoms with E-state index >= 15 is 0 Å². The second kappa shape index (κ2) is 5.59. The molecular weight excluding hydrogens is 250 g/mol. The Bertz CT molecular complexity index is 421. The molecule has 1 heterocycles. The molecule has 4 nitrogen and oxygen atoms in total. The summed E-state index contributed by atoms with van der Waals surface area (Å²) in [6, 6.07) is 7.27. The smallest absolute Gasteiger partial charge is 0.322 e. The van der Waals surface area contributed by atoms with Crippen molar-refractivity contribution in [1.82, 2.24) is 4.90 Å². The molecule has 3 N–H and O–H groups in total. The summed E-state index contributed by atoms with van der Waals surface area (Å²) in [6.07, 6.45) is 0.977. The largest absolute Gasteiger partial charge is 0.330 e. The van der Waals surface area contributed by atoms with Gasteiger partial charge in [0.2, 0.25) is 0 Å². The highest BCUT2D eigenvalue weighted by molar-refractivity contribution is 6.30. The van der Waals surface area contributed by atoms with Crippen LogP contribution in [0.3, 0.4) is 0 Å². The highest BCUT2D eigenvalue weighted by Crippen LogP contribution is 2.23. The SMILES string of the molecule is CC1CC(CN)CN1C(=O)Nc1ccc(Cl)cc1. The van der Waals surface area contributed by atoms with Crippen molar-refractivity contribution in [3.05, 3.63) is 29.3 Å². The van der Waals surface area contributed by atoms with Gasteiger partial charge >= 0.3 is 6.03 Å². The third-order valence-electron chi connectivity index (χ3n) is 3.35. The summed E-state index contributed by atoms with van der Waals surface area (Å²) >= 11 is 5.80. The van der Waals surface area contributed by atoms with Crippen molar-refractivity contribution >= 4 is 23.3 Å². The van der Waals surface area contributed by atoms with Crippen LogP contribution in [0.4, 0.5) is 10.5 Å². The fraction of sp³-hybridized carbons (Fsp3) is 0.462. The van der Waals surface area contributed by atoms with Crippen LogP contribution in [0.2, 0.25) is 5.02 Å². The molecule has 0 aliphatic carbocycles. The number of nitrogens with one attached hydrogen (secondary N) is 1. The minimum absolute atomic E-state index is 0.0687. The highest BCUT2D eigenvalue weighted by Gasteiger charge is 2.31. The lowest BCUT2D eigenvalue weighted by molar-refractivity contribution is 0.209. The highest BCUT2D eigenvalue weighted by atomic mass is 35.5. The Morgan fingerprint density at radius 1 is 1.50 bits per heavy atom. The minimum Gasteiger partial charge on any atom is -0.330 e. The number of anilines is 1. The Hall–Kier alpha value is -1.26. The Morgan fingerprint density at radius 3 is 2.72 bits per heavy atom. The molecule has 5 heteroatoms. The first-order chi connectivity index (χ1) is 8.60. The molecule has 18 heavy (non-hydrogen) atoms. The van der Waals surface area contributed by atoms with E-state index in [4.69, 9.17) is 17.3 Å². The van der Waals surface area contributed by atoms with E-state index in [0.717, 1.165) is 18.7 Å². The first-order valence-electron chi connectivity index (χ1n) is 6.13. The van der Waals surface area contributed by atoms with Crippen LogP contribution < -0.4 is 11.1 Å². The van der Waals surface area contributed by atoms with Crippen LogP contribution in [-0.4, -0.2) is 30.1 Å². The van der Waals surface area contributed by atoms with E-state index in [9.17, 15) is 4.79 Å². The number of hydrogen-bond acceptors (Lipinski definition) is 2. The third-order valence-corrected chi connectivity index (χ3v) is 3.60. The number of urea groups is 1. The van der Waals surface area contributed by atoms with E-state index in [1.807, 2.05) is 4.90 Å². The van der Waals surface area contributed by atoms with E-state index in [2.05, 4.69) is 12.2 Å². The van der Waals surface area contributed by atoms with Gasteiger partial charge in [-0.2, -0.15) is 0 Å². The number of carbonyl (C=O) groups is 1. The number of hydrogen-bond donors (Lipinski definition) is 2. The summed E-state index contributed by atoms with van der Waals surface area (Å²) < 4.78 is 0. The maximum absolute atomic E-state index is 12.1. The molecule has 1 aromatic carbocycles. The molecule has 2 unspecified atom stereocenters. The first-order valence-corrected chi connectivity index (χ1v) is 6.51. The van der Waals surface area contributed by atoms with Crippen molar-refractivity contribution < 1.29 is 4.79 Å². The molecule has 0 bridgehead atoms. The predicted octanol–water partition coefficient (Wildman–Crippen LogP) is 2.54. The summed E-state index contributed by atoms with van der Waals surface area (Å²) in [5, 5.41) is 3.53. The molecule has 2 rings (SSSR count). The number of halogens is 1. The van der Waals surface area contributed by atoms with Gasteiger partial charge < -0.3 is 16.0 Å². The van der Waals surface area contributed by atoms with Crippen LogP contribution >= 0.6 is 11.6 Å². The van der Waals surface area contributed by atoms with Gasteiger partial charge in [-0.05, 0) is 50.1 Å². The molecule has 1 fully saturated rings. The molecule has 1 aliphatic heterocycles. The molecular formula is C13H18ClN3O. The van der Waals surface area contributed by atoms with Crippen LogP contribution in [0.25, 0.3) is 0 Å². The summed E-state index contributed by atoms with van der Waals surface area (Å²) in [6.45, 7) is 3.42. The van der Waals surface area contributed by atoms with Crippen LogP contribution in [0, 0.1) is 5.92 Å². The number of likely N-dealkylation sites (tertiary alicyclic amines) is 1. The zero-order valence-electron chi connectivity index (χ0n) is 10.4. The Morgan fingerprint density at radius 2 is 2.17 bits per heavy atom. The topological polar surface area (TPSA) is 58.4 Å². The lowest BCUT2D eigenvalue weighted by Gasteiger charge is -2.22. The summed E-state index contributed by atoms with van der Waals surface area (Å²) in [4.78, 5) is 14.0. The minimum atomic E-state index is -0.0687. The Labute approximate surface area is 112 Å². The standard InChI is InChI=1S/C13H18ClN3O/c1-9-6-10(7-15)8-17(9)13(18)16-12-4-2-11(14)3-5-12/h2-5,9-10H,6-8,15H2,1H3,(H,16,18). The van der Waals surface area contributed by atoms with E-state index < -0.39 is 0 Å². The van der Waals surface area contributed by atoms with Gasteiger partial charge in [0.1, 0.15) is 0 Å². The van der Waals surface area contributed by atoms with Crippen molar-refractivity contribution in [3.8, 4) is 0 Å². The maximum atomic E-state index is 12.1. The molecule has 2 atom stereocenters. The average Bonchev–Trinajstić information content (AvgIpc) is 2.73. The number of amides is 2. The molecule has 0 radical (unpaired) electrons. The van der Waals surface area contributed by atoms with Gasteiger partial charge in [0.25, 0.3) is 0 Å². The predicted molar refractivity (Wildman–Crippen MR) is 73.8 cm³/mol. The average molecular weight is 268 g/mol. The zero-order valence-corrected chi connectivity index (χ0v) is 11.2. The number of rotatable bonds is 2. The quantitative estimate of drug-likeness (QED) is 0.865. The second-order valence-electron chi connectivity index (χ2n) is 4.78. The number of nitrogens with two attached hydrogens (primary N) is 1. The molecule has 0 spiro atoms. The summed E-state index contributed by atoms with van der Waals surface area (Å²) in [7, 11) is 0. The van der Waals surface area contributed by atoms with Crippen molar-refractivity contribution in [2.75, 3.05) is 18.4 Å². The molecule has 1 aliphatic rings. The molecule has 1 aromatic rings. The fourth-order valence-electron chi connectivity index (χ4n) is 2.32. The van der Waals surface area contributed by atoms with Gasteiger partial charge in [0, 0.05) is 23.3 Å². The van der Waals surface area contributed by atoms with Gasteiger partial charge in [-0.3, -0.25) is 0 Å². The van der Waals surface area contributed by atoms with E-state index in [1.54, 1.807) is 24.3 Å². The van der Waals surface area contributed by atoms with Gasteiger partial charge in [-0.1, -0.05) is 11.6 Å². The molecule has 98 valence electrons. The van der Waals surface area contributed by atoms with E-state index in [1.165, 1.54) is 0 Å². The van der Waals surface area contributed by atoms with Crippen molar-refractivity contribution in [2.45, 2.75) is 19.4 Å². The second-order valence-corrected chi connectivity index (χ2v) is 5.21. The monoisotopic (exact) mass is 267 g/mol. The van der Waals surface area contributed by atoms with E-state index in [-0.39, 0.29) is 12.1 Å². The summed E-state index contributed by atoms with van der Waals surface area (Å²) in [5.41, 5.74) is 6.41. The third kappa shape index (κ3) is 2.94. The number of benzene rings is 1. The van der Waals surface area contributed by atoms with Crippen molar-refractivity contribution in [2.24, 2.45) is 11.7 Å². The lowest BCUT2D eigenvalue weighted by Crippen LogP contribution is -2.37. The first kappa shape index (κ1) is 13.2. The Balaban J connectivity index is 1.98. The number of carbonyl (C=O) groups excluding carboxylic acids is 1. The van der Waals surface area contributed by atoms with Gasteiger partial charge in [0.05, 0.1) is 0 Å². The molecule has 0 saturated carbocycles. The van der Waals surface area contributed by atoms with Crippen LogP contribution in [0.1, 0.15) is 13.3 Å². The summed E-state index contributed by atoms with van der Waals surface area (Å²) in [5.74, 6) is 0.413. The van der Waals surface area contributed by atoms with Gasteiger partial charge in [0.15, 0.2) is 0 Å². The molecule has 0 aromatic heterocycles. The lowest BCUT2D eigenvalue weighted by atomic mass is 10.1. The van der Waals surface area contributed by atoms with Crippen molar-refractivity contribution in [1.29, 1.82) is 0 Å². The molecule has 2 amide bonds. The van der Waals surface area contributed by atoms with Gasteiger partial charge in [-0.25, -0.2) is 4.79 Å². The maximum Gasteiger partial charge on any atom is 0.322 e. The van der Waals surface area contributed by atoms with Crippen LogP contribution in [0.5, 0.6) is 0 Å². The normalized spacial score (nSPS) is 23.2. The fourth-order valence-corrected chi connectivity index (χ4v) is 2.45. The number of nitrogens with zero attached hydrogens (tertiary/aromatic N) is 1. The van der Waals surface area contributed by atoms with Gasteiger partial charge in [-0.15, -0.1) is 0 Å². The van der Waals surface area contributed by atoms with Crippen LogP contribution in [0.15, 0.2) is 24.3 Å². The Kier molecular flexibility index (Phi) is 4.09. The van der Waals surface area contributed by atoms with Crippen LogP contribution in [-0.2, 0) is 0 Å². The van der Waals surface area contributed by atoms with Crippen molar-refractivity contribution in [3.63, 3.8) is 0 Å². The zero-order chi connectivity index (χ0) is 13.1. The van der Waals surface area contributed by atoms with E-state index in [0.29, 0.717) is 17.5 Å².